The van der Waals surface area contributed by atoms with Gasteiger partial charge >= 0.3 is 0 Å². The number of ether oxygens (including phenoxy) is 1. The minimum absolute atomic E-state index is 0.425. The van der Waals surface area contributed by atoms with Gasteiger partial charge in [0.05, 0.1) is 4.47 Å². The van der Waals surface area contributed by atoms with Gasteiger partial charge in [0.15, 0.2) is 0 Å². The fourth-order valence-corrected chi connectivity index (χ4v) is 2.05. The van der Waals surface area contributed by atoms with Crippen molar-refractivity contribution in [3.63, 3.8) is 0 Å². The first-order chi connectivity index (χ1) is 6.63. The summed E-state index contributed by atoms with van der Waals surface area (Å²) in [5.74, 6) is 1.22. The molecule has 0 saturated carbocycles. The number of benzene rings is 1. The van der Waals surface area contributed by atoms with Crippen LogP contribution >= 0.6 is 43.5 Å². The molecule has 1 rings (SSSR count). The van der Waals surface area contributed by atoms with Crippen molar-refractivity contribution < 1.29 is 4.74 Å². The van der Waals surface area contributed by atoms with E-state index >= 15 is 0 Å². The molecule has 0 bridgehead atoms. The van der Waals surface area contributed by atoms with E-state index in [4.69, 9.17) is 16.3 Å². The number of hydrogen-bond acceptors (Lipinski definition) is 1. The summed E-state index contributed by atoms with van der Waals surface area (Å²) in [5.41, 5.74) is 0.862. The molecule has 14 heavy (non-hydrogen) atoms. The Morgan fingerprint density at radius 1 is 1.43 bits per heavy atom. The van der Waals surface area contributed by atoms with Gasteiger partial charge in [0.2, 0.25) is 0 Å². The summed E-state index contributed by atoms with van der Waals surface area (Å²) in [7, 11) is 0. The maximum Gasteiger partial charge on any atom is 0.134 e. The van der Waals surface area contributed by atoms with Gasteiger partial charge in [-0.05, 0) is 39.7 Å². The molecule has 0 heterocycles. The van der Waals surface area contributed by atoms with Gasteiger partial charge in [0, 0.05) is 10.4 Å². The molecule has 0 radical (unpaired) electrons. The second-order valence-electron chi connectivity index (χ2n) is 2.75. The van der Waals surface area contributed by atoms with Crippen LogP contribution in [0.1, 0.15) is 0 Å². The lowest BCUT2D eigenvalue weighted by Crippen LogP contribution is -2.01. The van der Waals surface area contributed by atoms with Crippen LogP contribution in [0.5, 0.6) is 5.75 Å². The molecule has 1 aromatic rings. The Morgan fingerprint density at radius 3 is 2.71 bits per heavy atom. The Bertz CT molecular complexity index is 339. The van der Waals surface area contributed by atoms with Gasteiger partial charge < -0.3 is 4.74 Å². The maximum absolute atomic E-state index is 5.58. The Kier molecular flexibility index (Phi) is 4.99. The average molecular weight is 340 g/mol. The van der Waals surface area contributed by atoms with Gasteiger partial charge in [0.1, 0.15) is 12.4 Å². The van der Waals surface area contributed by atoms with Gasteiger partial charge in [-0.1, -0.05) is 22.5 Å². The molecule has 0 amide bonds. The predicted octanol–water partition coefficient (Wildman–Crippen LogP) is 4.39. The Hall–Kier alpha value is 0.01000. The second-order valence-corrected chi connectivity index (χ2v) is 4.78. The SMILES string of the molecule is C=C(CCl)COc1ccc(Br)cc1Br. The van der Waals surface area contributed by atoms with Crippen LogP contribution in [0, 0.1) is 0 Å². The van der Waals surface area contributed by atoms with Crippen molar-refractivity contribution >= 4 is 43.5 Å². The van der Waals surface area contributed by atoms with Crippen molar-refractivity contribution in [1.29, 1.82) is 0 Å². The minimum atomic E-state index is 0.425. The molecule has 0 saturated heterocycles. The van der Waals surface area contributed by atoms with E-state index in [9.17, 15) is 0 Å². The summed E-state index contributed by atoms with van der Waals surface area (Å²) in [6.45, 7) is 4.20. The summed E-state index contributed by atoms with van der Waals surface area (Å²) >= 11 is 12.4. The number of halogens is 3. The Balaban J connectivity index is 2.63. The molecular formula is C10H9Br2ClO. The molecule has 4 heteroatoms. The molecule has 0 unspecified atom stereocenters. The van der Waals surface area contributed by atoms with Crippen molar-refractivity contribution in [2.45, 2.75) is 0 Å². The molecule has 0 fully saturated rings. The van der Waals surface area contributed by atoms with E-state index in [1.54, 1.807) is 0 Å². The fraction of sp³-hybridized carbons (Fsp3) is 0.200. The topological polar surface area (TPSA) is 9.23 Å². The number of hydrogen-bond donors (Lipinski definition) is 0. The zero-order chi connectivity index (χ0) is 10.6. The third-order valence-corrected chi connectivity index (χ3v) is 3.01. The van der Waals surface area contributed by atoms with Crippen LogP contribution in [-0.2, 0) is 0 Å². The molecule has 1 aromatic carbocycles. The summed E-state index contributed by atoms with van der Waals surface area (Å²) < 4.78 is 7.41. The van der Waals surface area contributed by atoms with Gasteiger partial charge in [-0.25, -0.2) is 0 Å². The van der Waals surface area contributed by atoms with Crippen LogP contribution < -0.4 is 4.74 Å². The van der Waals surface area contributed by atoms with E-state index in [0.717, 1.165) is 20.3 Å². The molecular weight excluding hydrogens is 331 g/mol. The Labute approximate surface area is 105 Å². The lowest BCUT2D eigenvalue weighted by molar-refractivity contribution is 0.351. The zero-order valence-corrected chi connectivity index (χ0v) is 11.3. The summed E-state index contributed by atoms with van der Waals surface area (Å²) in [5, 5.41) is 0. The van der Waals surface area contributed by atoms with Crippen LogP contribution in [0.4, 0.5) is 0 Å². The highest BCUT2D eigenvalue weighted by atomic mass is 79.9. The van der Waals surface area contributed by atoms with E-state index in [1.807, 2.05) is 18.2 Å². The largest absolute Gasteiger partial charge is 0.488 e. The van der Waals surface area contributed by atoms with E-state index in [-0.39, 0.29) is 0 Å². The second kappa shape index (κ2) is 5.79. The first-order valence-corrected chi connectivity index (χ1v) is 6.06. The average Bonchev–Trinajstić information content (AvgIpc) is 2.16. The smallest absolute Gasteiger partial charge is 0.134 e. The van der Waals surface area contributed by atoms with Crippen molar-refractivity contribution in [3.05, 3.63) is 39.3 Å². The highest BCUT2D eigenvalue weighted by molar-refractivity contribution is 9.11. The summed E-state index contributed by atoms with van der Waals surface area (Å²) in [4.78, 5) is 0. The lowest BCUT2D eigenvalue weighted by Gasteiger charge is -2.08. The monoisotopic (exact) mass is 338 g/mol. The van der Waals surface area contributed by atoms with Gasteiger partial charge in [-0.15, -0.1) is 11.6 Å². The third kappa shape index (κ3) is 3.64. The standard InChI is InChI=1S/C10H9Br2ClO/c1-7(5-13)6-14-10-3-2-8(11)4-9(10)12/h2-4H,1,5-6H2. The first kappa shape index (κ1) is 12.1. The number of alkyl halides is 1. The van der Waals surface area contributed by atoms with Crippen molar-refractivity contribution in [3.8, 4) is 5.75 Å². The zero-order valence-electron chi connectivity index (χ0n) is 7.40. The fourth-order valence-electron chi connectivity index (χ4n) is 0.811. The molecule has 0 atom stereocenters. The number of rotatable bonds is 4. The maximum atomic E-state index is 5.58. The lowest BCUT2D eigenvalue weighted by atomic mass is 10.3. The van der Waals surface area contributed by atoms with Crippen molar-refractivity contribution in [2.75, 3.05) is 12.5 Å². The van der Waals surface area contributed by atoms with Crippen LogP contribution in [0.3, 0.4) is 0 Å². The molecule has 0 spiro atoms. The molecule has 0 aliphatic rings. The Morgan fingerprint density at radius 2 is 2.14 bits per heavy atom. The van der Waals surface area contributed by atoms with E-state index in [1.165, 1.54) is 0 Å². The molecule has 0 aliphatic carbocycles. The molecule has 76 valence electrons. The first-order valence-electron chi connectivity index (χ1n) is 3.94. The molecule has 0 N–H and O–H groups in total. The van der Waals surface area contributed by atoms with Crippen molar-refractivity contribution in [1.82, 2.24) is 0 Å². The van der Waals surface area contributed by atoms with Gasteiger partial charge in [-0.2, -0.15) is 0 Å². The van der Waals surface area contributed by atoms with E-state index < -0.39 is 0 Å². The highest BCUT2D eigenvalue weighted by Crippen LogP contribution is 2.28. The van der Waals surface area contributed by atoms with Crippen molar-refractivity contribution in [2.24, 2.45) is 0 Å². The third-order valence-electron chi connectivity index (χ3n) is 1.51. The quantitative estimate of drug-likeness (QED) is 0.584. The van der Waals surface area contributed by atoms with Crippen LogP contribution in [0.2, 0.25) is 0 Å². The van der Waals surface area contributed by atoms with E-state index in [0.29, 0.717) is 12.5 Å². The predicted molar refractivity (Wildman–Crippen MR) is 67.2 cm³/mol. The van der Waals surface area contributed by atoms with Crippen LogP contribution in [0.25, 0.3) is 0 Å². The summed E-state index contributed by atoms with van der Waals surface area (Å²) in [6, 6.07) is 5.73. The van der Waals surface area contributed by atoms with Crippen LogP contribution in [-0.4, -0.2) is 12.5 Å². The van der Waals surface area contributed by atoms with Gasteiger partial charge in [-0.3, -0.25) is 0 Å². The normalized spacial score (nSPS) is 9.93. The van der Waals surface area contributed by atoms with E-state index in [2.05, 4.69) is 38.4 Å². The van der Waals surface area contributed by atoms with Gasteiger partial charge in [0.25, 0.3) is 0 Å². The highest BCUT2D eigenvalue weighted by Gasteiger charge is 2.01. The molecule has 0 aliphatic heterocycles. The minimum Gasteiger partial charge on any atom is -0.488 e. The molecule has 0 aromatic heterocycles. The summed E-state index contributed by atoms with van der Waals surface area (Å²) in [6.07, 6.45) is 0. The molecule has 1 nitrogen and oxygen atoms in total. The van der Waals surface area contributed by atoms with Crippen LogP contribution in [0.15, 0.2) is 39.3 Å².